The van der Waals surface area contributed by atoms with Crippen LogP contribution in [0.4, 0.5) is 5.00 Å². The van der Waals surface area contributed by atoms with Crippen molar-refractivity contribution < 1.29 is 4.92 Å². The maximum atomic E-state index is 10.4. The minimum absolute atomic E-state index is 0. The highest BCUT2D eigenvalue weighted by atomic mass is 35.5. The smallest absolute Gasteiger partial charge is 0.324 e. The summed E-state index contributed by atoms with van der Waals surface area (Å²) in [6, 6.07) is 1.52. The molecule has 1 heterocycles. The molecule has 0 bridgehead atoms. The summed E-state index contributed by atoms with van der Waals surface area (Å²) in [4.78, 5) is 10.1. The van der Waals surface area contributed by atoms with Gasteiger partial charge in [0.1, 0.15) is 0 Å². The van der Waals surface area contributed by atoms with Crippen molar-refractivity contribution in [3.05, 3.63) is 27.1 Å². The summed E-state index contributed by atoms with van der Waals surface area (Å²) in [6.45, 7) is 2.10. The van der Waals surface area contributed by atoms with Gasteiger partial charge in [-0.1, -0.05) is 31.1 Å². The summed E-state index contributed by atoms with van der Waals surface area (Å²) >= 11 is 1.14. The Morgan fingerprint density at radius 3 is 2.80 bits per heavy atom. The lowest BCUT2D eigenvalue weighted by Gasteiger charge is -2.07. The van der Waals surface area contributed by atoms with Gasteiger partial charge in [-0.15, -0.1) is 12.4 Å². The topological polar surface area (TPSA) is 69.2 Å². The molecule has 1 rings (SSSR count). The second-order valence-electron chi connectivity index (χ2n) is 3.22. The van der Waals surface area contributed by atoms with Gasteiger partial charge in [0, 0.05) is 17.5 Å². The van der Waals surface area contributed by atoms with E-state index in [0.29, 0.717) is 0 Å². The van der Waals surface area contributed by atoms with Crippen molar-refractivity contribution in [2.75, 3.05) is 0 Å². The number of nitrogens with zero attached hydrogens (tertiary/aromatic N) is 1. The van der Waals surface area contributed by atoms with E-state index in [1.54, 1.807) is 11.4 Å². The molecule has 0 amide bonds. The SMILES string of the molecule is CCCC[C@@H](N)c1csc([N+](=O)[O-])c1.Cl. The minimum Gasteiger partial charge on any atom is -0.324 e. The molecule has 0 aliphatic heterocycles. The molecule has 86 valence electrons. The van der Waals surface area contributed by atoms with E-state index in [4.69, 9.17) is 5.73 Å². The summed E-state index contributed by atoms with van der Waals surface area (Å²) in [5.74, 6) is 0. The second kappa shape index (κ2) is 6.76. The third kappa shape index (κ3) is 4.15. The molecule has 6 heteroatoms. The van der Waals surface area contributed by atoms with Gasteiger partial charge in [0.25, 0.3) is 0 Å². The first kappa shape index (κ1) is 14.3. The fourth-order valence-electron chi connectivity index (χ4n) is 1.22. The van der Waals surface area contributed by atoms with Gasteiger partial charge in [0.15, 0.2) is 0 Å². The Morgan fingerprint density at radius 1 is 1.67 bits per heavy atom. The summed E-state index contributed by atoms with van der Waals surface area (Å²) in [5.41, 5.74) is 6.76. The van der Waals surface area contributed by atoms with Gasteiger partial charge in [-0.25, -0.2) is 0 Å². The molecule has 0 aliphatic carbocycles. The number of nitrogens with two attached hydrogens (primary N) is 1. The first-order valence-corrected chi connectivity index (χ1v) is 5.51. The van der Waals surface area contributed by atoms with E-state index in [1.807, 2.05) is 0 Å². The van der Waals surface area contributed by atoms with Crippen molar-refractivity contribution in [3.63, 3.8) is 0 Å². The maximum Gasteiger partial charge on any atom is 0.324 e. The van der Waals surface area contributed by atoms with Crippen molar-refractivity contribution >= 4 is 28.7 Å². The minimum atomic E-state index is -0.374. The third-order valence-corrected chi connectivity index (χ3v) is 2.98. The standard InChI is InChI=1S/C9H14N2O2S.ClH/c1-2-3-4-8(10)7-5-9(11(12)13)14-6-7;/h5-6,8H,2-4,10H2,1H3;1H/t8-;/m1./s1. The Hall–Kier alpha value is -0.650. The van der Waals surface area contributed by atoms with E-state index in [2.05, 4.69) is 6.92 Å². The van der Waals surface area contributed by atoms with E-state index in [9.17, 15) is 10.1 Å². The van der Waals surface area contributed by atoms with Crippen LogP contribution in [0.2, 0.25) is 0 Å². The monoisotopic (exact) mass is 250 g/mol. The molecule has 0 unspecified atom stereocenters. The van der Waals surface area contributed by atoms with Gasteiger partial charge >= 0.3 is 5.00 Å². The normalized spacial score (nSPS) is 11.9. The van der Waals surface area contributed by atoms with E-state index in [-0.39, 0.29) is 28.4 Å². The fourth-order valence-corrected chi connectivity index (χ4v) is 2.01. The number of halogens is 1. The summed E-state index contributed by atoms with van der Waals surface area (Å²) in [5, 5.41) is 12.4. The third-order valence-electron chi connectivity index (χ3n) is 2.08. The molecule has 2 N–H and O–H groups in total. The summed E-state index contributed by atoms with van der Waals surface area (Å²) in [6.07, 6.45) is 3.05. The Labute approximate surface area is 99.0 Å². The molecule has 0 saturated carbocycles. The first-order valence-electron chi connectivity index (χ1n) is 4.63. The van der Waals surface area contributed by atoms with Gasteiger partial charge in [-0.05, 0) is 12.0 Å². The predicted octanol–water partition coefficient (Wildman–Crippen LogP) is 3.27. The van der Waals surface area contributed by atoms with Crippen molar-refractivity contribution in [1.29, 1.82) is 0 Å². The van der Waals surface area contributed by atoms with Crippen LogP contribution in [-0.4, -0.2) is 4.92 Å². The molecule has 1 atom stereocenters. The number of thiophene rings is 1. The molecule has 0 aliphatic rings. The summed E-state index contributed by atoms with van der Waals surface area (Å²) in [7, 11) is 0. The van der Waals surface area contributed by atoms with E-state index in [0.717, 1.165) is 36.2 Å². The molecule has 1 aromatic rings. The van der Waals surface area contributed by atoms with Crippen molar-refractivity contribution in [2.24, 2.45) is 5.73 Å². The highest BCUT2D eigenvalue weighted by Gasteiger charge is 2.13. The van der Waals surface area contributed by atoms with Crippen molar-refractivity contribution in [1.82, 2.24) is 0 Å². The van der Waals surface area contributed by atoms with Crippen LogP contribution in [0, 0.1) is 10.1 Å². The van der Waals surface area contributed by atoms with Crippen molar-refractivity contribution in [2.45, 2.75) is 32.2 Å². The molecule has 4 nitrogen and oxygen atoms in total. The van der Waals surface area contributed by atoms with Crippen LogP contribution in [0.3, 0.4) is 0 Å². The molecule has 0 radical (unpaired) electrons. The zero-order valence-electron chi connectivity index (χ0n) is 8.51. The summed E-state index contributed by atoms with van der Waals surface area (Å²) < 4.78 is 0. The molecule has 0 spiro atoms. The highest BCUT2D eigenvalue weighted by Crippen LogP contribution is 2.27. The molecule has 15 heavy (non-hydrogen) atoms. The number of hydrogen-bond acceptors (Lipinski definition) is 4. The lowest BCUT2D eigenvalue weighted by molar-refractivity contribution is -0.380. The van der Waals surface area contributed by atoms with E-state index >= 15 is 0 Å². The van der Waals surface area contributed by atoms with Gasteiger partial charge in [-0.2, -0.15) is 0 Å². The second-order valence-corrected chi connectivity index (χ2v) is 4.11. The van der Waals surface area contributed by atoms with Gasteiger partial charge < -0.3 is 5.73 Å². The average Bonchev–Trinajstić information content (AvgIpc) is 2.62. The largest absolute Gasteiger partial charge is 0.324 e. The number of nitro groups is 1. The number of hydrogen-bond donors (Lipinski definition) is 1. The quantitative estimate of drug-likeness (QED) is 0.644. The Morgan fingerprint density at radius 2 is 2.33 bits per heavy atom. The zero-order valence-corrected chi connectivity index (χ0v) is 10.1. The van der Waals surface area contributed by atoms with Gasteiger partial charge in [0.2, 0.25) is 0 Å². The molecule has 0 fully saturated rings. The Bertz CT molecular complexity index is 317. The molecule has 0 saturated heterocycles. The van der Waals surface area contributed by atoms with Gasteiger partial charge in [0.05, 0.1) is 4.92 Å². The lowest BCUT2D eigenvalue weighted by Crippen LogP contribution is -2.08. The molecular weight excluding hydrogens is 236 g/mol. The molecule has 1 aromatic heterocycles. The van der Waals surface area contributed by atoms with Crippen LogP contribution in [0.5, 0.6) is 0 Å². The average molecular weight is 251 g/mol. The maximum absolute atomic E-state index is 10.4. The van der Waals surface area contributed by atoms with Crippen LogP contribution < -0.4 is 5.73 Å². The molecule has 0 aromatic carbocycles. The Balaban J connectivity index is 0.00000196. The van der Waals surface area contributed by atoms with Crippen LogP contribution in [0.25, 0.3) is 0 Å². The fraction of sp³-hybridized carbons (Fsp3) is 0.556. The van der Waals surface area contributed by atoms with Crippen LogP contribution >= 0.6 is 23.7 Å². The van der Waals surface area contributed by atoms with E-state index < -0.39 is 0 Å². The number of unbranched alkanes of at least 4 members (excludes halogenated alkanes) is 1. The van der Waals surface area contributed by atoms with Crippen LogP contribution in [-0.2, 0) is 0 Å². The predicted molar refractivity (Wildman–Crippen MR) is 64.7 cm³/mol. The first-order chi connectivity index (χ1) is 6.65. The molecular formula is C9H15ClN2O2S. The zero-order chi connectivity index (χ0) is 10.6. The van der Waals surface area contributed by atoms with E-state index in [1.165, 1.54) is 0 Å². The highest BCUT2D eigenvalue weighted by molar-refractivity contribution is 7.13. The number of rotatable bonds is 5. The van der Waals surface area contributed by atoms with Crippen molar-refractivity contribution in [3.8, 4) is 0 Å². The van der Waals surface area contributed by atoms with Gasteiger partial charge in [-0.3, -0.25) is 10.1 Å². The van der Waals surface area contributed by atoms with Crippen LogP contribution in [0.1, 0.15) is 37.8 Å². The Kier molecular flexibility index (Phi) is 6.47. The van der Waals surface area contributed by atoms with Crippen LogP contribution in [0.15, 0.2) is 11.4 Å². The lowest BCUT2D eigenvalue weighted by atomic mass is 10.1.